The molecule has 0 unspecified atom stereocenters. The first-order valence-corrected chi connectivity index (χ1v) is 8.69. The van der Waals surface area contributed by atoms with Gasteiger partial charge in [-0.15, -0.1) is 11.3 Å². The first-order chi connectivity index (χ1) is 12.1. The molecule has 1 amide bonds. The molecule has 3 aromatic rings. The molecule has 25 heavy (non-hydrogen) atoms. The van der Waals surface area contributed by atoms with Crippen LogP contribution in [0, 0.1) is 6.92 Å². The molecule has 2 heterocycles. The van der Waals surface area contributed by atoms with Gasteiger partial charge in [-0.2, -0.15) is 0 Å². The molecule has 3 rings (SSSR count). The number of rotatable bonds is 6. The number of carbonyl (C=O) groups is 1. The van der Waals surface area contributed by atoms with Crippen LogP contribution in [0.15, 0.2) is 52.9 Å². The van der Waals surface area contributed by atoms with Gasteiger partial charge in [0.05, 0.1) is 24.1 Å². The number of aryl methyl sites for hydroxylation is 1. The molecule has 0 saturated carbocycles. The number of aromatic amines is 1. The summed E-state index contributed by atoms with van der Waals surface area (Å²) in [7, 11) is 0. The monoisotopic (exact) mass is 354 g/mol. The molecule has 2 aromatic heterocycles. The molecule has 7 heteroatoms. The van der Waals surface area contributed by atoms with Crippen molar-refractivity contribution in [2.24, 2.45) is 0 Å². The molecule has 0 aliphatic heterocycles. The molecule has 0 aliphatic carbocycles. The minimum absolute atomic E-state index is 0.196. The lowest BCUT2D eigenvalue weighted by Gasteiger charge is -2.12. The Bertz CT molecular complexity index is 932. The third-order valence-electron chi connectivity index (χ3n) is 3.74. The number of para-hydroxylation sites is 1. The Labute approximate surface area is 149 Å². The van der Waals surface area contributed by atoms with Gasteiger partial charge in [-0.3, -0.25) is 9.59 Å². The normalized spacial score (nSPS) is 10.4. The van der Waals surface area contributed by atoms with Crippen molar-refractivity contribution in [3.63, 3.8) is 0 Å². The van der Waals surface area contributed by atoms with Gasteiger partial charge >= 0.3 is 0 Å². The molecule has 0 aliphatic rings. The number of H-pyrrole nitrogens is 1. The number of hydrogen-bond acceptors (Lipinski definition) is 5. The number of thiophene rings is 1. The summed E-state index contributed by atoms with van der Waals surface area (Å²) in [6.07, 6.45) is 1.32. The minimum atomic E-state index is -0.243. The van der Waals surface area contributed by atoms with Crippen molar-refractivity contribution in [1.82, 2.24) is 15.3 Å². The first kappa shape index (κ1) is 16.9. The number of anilines is 1. The van der Waals surface area contributed by atoms with E-state index in [2.05, 4.69) is 39.0 Å². The zero-order valence-corrected chi connectivity index (χ0v) is 14.5. The number of carbonyl (C=O) groups excluding carboxylic acids is 1. The van der Waals surface area contributed by atoms with E-state index >= 15 is 0 Å². The minimum Gasteiger partial charge on any atom is -0.379 e. The van der Waals surface area contributed by atoms with Crippen LogP contribution in [-0.2, 0) is 13.1 Å². The maximum Gasteiger partial charge on any atom is 0.253 e. The quantitative estimate of drug-likeness (QED) is 0.635. The van der Waals surface area contributed by atoms with Crippen molar-refractivity contribution in [2.45, 2.75) is 20.0 Å². The zero-order valence-electron chi connectivity index (χ0n) is 13.7. The summed E-state index contributed by atoms with van der Waals surface area (Å²) in [6.45, 7) is 2.94. The number of benzene rings is 1. The molecule has 0 bridgehead atoms. The lowest BCUT2D eigenvalue weighted by Crippen LogP contribution is -2.25. The maximum absolute atomic E-state index is 12.5. The van der Waals surface area contributed by atoms with Crippen molar-refractivity contribution in [1.29, 1.82) is 0 Å². The highest BCUT2D eigenvalue weighted by Crippen LogP contribution is 2.20. The fraction of sp³-hybridized carbons (Fsp3) is 0.167. The van der Waals surface area contributed by atoms with Crippen LogP contribution in [0.2, 0.25) is 0 Å². The molecular formula is C18H18N4O2S. The van der Waals surface area contributed by atoms with Crippen molar-refractivity contribution in [2.75, 3.05) is 5.32 Å². The highest BCUT2D eigenvalue weighted by atomic mass is 32.1. The second kappa shape index (κ2) is 7.76. The Hall–Kier alpha value is -2.93. The predicted octanol–water partition coefficient (Wildman–Crippen LogP) is 2.68. The van der Waals surface area contributed by atoms with E-state index < -0.39 is 0 Å². The SMILES string of the molecule is Cc1ccsc1CNc1ccccc1C(=O)NCc1cc(=O)[nH]cn1. The molecule has 0 radical (unpaired) electrons. The molecule has 6 nitrogen and oxygen atoms in total. The fourth-order valence-corrected chi connectivity index (χ4v) is 3.21. The van der Waals surface area contributed by atoms with E-state index in [-0.39, 0.29) is 18.0 Å². The number of nitrogens with one attached hydrogen (secondary N) is 3. The average molecular weight is 354 g/mol. The molecular weight excluding hydrogens is 336 g/mol. The number of aromatic nitrogens is 2. The summed E-state index contributed by atoms with van der Waals surface area (Å²) in [6, 6.07) is 10.8. The summed E-state index contributed by atoms with van der Waals surface area (Å²) >= 11 is 1.69. The van der Waals surface area contributed by atoms with Gasteiger partial charge in [0.15, 0.2) is 0 Å². The van der Waals surface area contributed by atoms with Gasteiger partial charge < -0.3 is 15.6 Å². The van der Waals surface area contributed by atoms with Crippen molar-refractivity contribution in [3.05, 3.63) is 80.2 Å². The zero-order chi connectivity index (χ0) is 17.6. The summed E-state index contributed by atoms with van der Waals surface area (Å²) in [4.78, 5) is 31.5. The summed E-state index contributed by atoms with van der Waals surface area (Å²) in [5, 5.41) is 8.17. The van der Waals surface area contributed by atoms with Gasteiger partial charge in [0.25, 0.3) is 11.5 Å². The van der Waals surface area contributed by atoms with Crippen LogP contribution in [0.25, 0.3) is 0 Å². The van der Waals surface area contributed by atoms with E-state index in [4.69, 9.17) is 0 Å². The van der Waals surface area contributed by atoms with Crippen molar-refractivity contribution >= 4 is 22.9 Å². The Morgan fingerprint density at radius 1 is 1.24 bits per heavy atom. The van der Waals surface area contributed by atoms with Crippen LogP contribution in [0.3, 0.4) is 0 Å². The van der Waals surface area contributed by atoms with Gasteiger partial charge in [-0.25, -0.2) is 4.98 Å². The lowest BCUT2D eigenvalue weighted by atomic mass is 10.1. The Morgan fingerprint density at radius 2 is 2.08 bits per heavy atom. The van der Waals surface area contributed by atoms with Crippen LogP contribution in [-0.4, -0.2) is 15.9 Å². The van der Waals surface area contributed by atoms with Crippen LogP contribution < -0.4 is 16.2 Å². The Balaban J connectivity index is 1.68. The van der Waals surface area contributed by atoms with E-state index in [1.165, 1.54) is 22.8 Å². The predicted molar refractivity (Wildman–Crippen MR) is 98.9 cm³/mol. The van der Waals surface area contributed by atoms with Crippen molar-refractivity contribution in [3.8, 4) is 0 Å². The molecule has 128 valence electrons. The highest BCUT2D eigenvalue weighted by Gasteiger charge is 2.11. The van der Waals surface area contributed by atoms with Gasteiger partial charge in [-0.1, -0.05) is 12.1 Å². The highest BCUT2D eigenvalue weighted by molar-refractivity contribution is 7.10. The Kier molecular flexibility index (Phi) is 5.25. The molecule has 0 saturated heterocycles. The van der Waals surface area contributed by atoms with E-state index in [1.54, 1.807) is 17.4 Å². The molecule has 1 aromatic carbocycles. The maximum atomic E-state index is 12.5. The lowest BCUT2D eigenvalue weighted by molar-refractivity contribution is 0.0951. The van der Waals surface area contributed by atoms with E-state index in [0.717, 1.165) is 5.69 Å². The first-order valence-electron chi connectivity index (χ1n) is 7.81. The Morgan fingerprint density at radius 3 is 2.84 bits per heavy atom. The third kappa shape index (κ3) is 4.33. The second-order valence-electron chi connectivity index (χ2n) is 5.51. The van der Waals surface area contributed by atoms with Crippen LogP contribution >= 0.6 is 11.3 Å². The standard InChI is InChI=1S/C18H18N4O2S/c1-12-6-7-25-16(12)10-19-15-5-3-2-4-14(15)18(24)20-9-13-8-17(23)22-11-21-13/h2-8,11,19H,9-10H2,1H3,(H,20,24)(H,21,22,23). The molecule has 0 atom stereocenters. The molecule has 0 spiro atoms. The van der Waals surface area contributed by atoms with Gasteiger partial charge in [0.1, 0.15) is 0 Å². The van der Waals surface area contributed by atoms with Crippen LogP contribution in [0.1, 0.15) is 26.5 Å². The number of nitrogens with zero attached hydrogens (tertiary/aromatic N) is 1. The van der Waals surface area contributed by atoms with Crippen molar-refractivity contribution < 1.29 is 4.79 Å². The third-order valence-corrected chi connectivity index (χ3v) is 4.77. The molecule has 0 fully saturated rings. The largest absolute Gasteiger partial charge is 0.379 e. The second-order valence-corrected chi connectivity index (χ2v) is 6.51. The van der Waals surface area contributed by atoms with E-state index in [0.29, 0.717) is 17.8 Å². The van der Waals surface area contributed by atoms with Gasteiger partial charge in [-0.05, 0) is 36.1 Å². The number of hydrogen-bond donors (Lipinski definition) is 3. The number of amides is 1. The van der Waals surface area contributed by atoms with Crippen LogP contribution in [0.4, 0.5) is 5.69 Å². The van der Waals surface area contributed by atoms with Gasteiger partial charge in [0, 0.05) is 23.2 Å². The van der Waals surface area contributed by atoms with E-state index in [1.807, 2.05) is 18.2 Å². The summed E-state index contributed by atoms with van der Waals surface area (Å²) in [5.74, 6) is -0.215. The topological polar surface area (TPSA) is 86.9 Å². The van der Waals surface area contributed by atoms with E-state index in [9.17, 15) is 9.59 Å². The fourth-order valence-electron chi connectivity index (χ4n) is 2.37. The molecule has 3 N–H and O–H groups in total. The summed E-state index contributed by atoms with van der Waals surface area (Å²) in [5.41, 5.74) is 2.83. The average Bonchev–Trinajstić information content (AvgIpc) is 3.03. The smallest absolute Gasteiger partial charge is 0.253 e. The van der Waals surface area contributed by atoms with Gasteiger partial charge in [0.2, 0.25) is 0 Å². The summed E-state index contributed by atoms with van der Waals surface area (Å²) < 4.78 is 0. The van der Waals surface area contributed by atoms with Crippen LogP contribution in [0.5, 0.6) is 0 Å².